The number of hydrogen-bond acceptors (Lipinski definition) is 4. The molecule has 1 aliphatic rings. The minimum Gasteiger partial charge on any atom is -0.366 e. The first-order chi connectivity index (χ1) is 13.2. The van der Waals surface area contributed by atoms with Crippen LogP contribution in [0.4, 0.5) is 10.1 Å². The molecule has 1 saturated heterocycles. The molecular formula is C20H28FN5S. The summed E-state index contributed by atoms with van der Waals surface area (Å²) in [4.78, 5) is 13.8. The standard InChI is InChI=1S/C20H28FN5S/c1-3-19-24-16(15-27-19)9-10-23-20(22-4-2)26-13-11-25(12-14-26)18-8-6-5-7-17(18)21/h5-8,15H,3-4,9-14H2,1-2H3,(H,22,23). The molecule has 5 nitrogen and oxygen atoms in total. The van der Waals surface area contributed by atoms with Crippen molar-refractivity contribution >= 4 is 23.0 Å². The molecule has 0 amide bonds. The van der Waals surface area contributed by atoms with Crippen LogP contribution in [0.5, 0.6) is 0 Å². The maximum Gasteiger partial charge on any atom is 0.194 e. The molecule has 3 rings (SSSR count). The van der Waals surface area contributed by atoms with Gasteiger partial charge in [-0.05, 0) is 25.5 Å². The zero-order chi connectivity index (χ0) is 19.1. The van der Waals surface area contributed by atoms with E-state index in [9.17, 15) is 4.39 Å². The lowest BCUT2D eigenvalue weighted by Crippen LogP contribution is -2.52. The van der Waals surface area contributed by atoms with Crippen molar-refractivity contribution in [1.29, 1.82) is 0 Å². The third kappa shape index (κ3) is 5.19. The molecule has 146 valence electrons. The van der Waals surface area contributed by atoms with Gasteiger partial charge in [0, 0.05) is 51.1 Å². The highest BCUT2D eigenvalue weighted by molar-refractivity contribution is 7.09. The van der Waals surface area contributed by atoms with E-state index in [0.717, 1.165) is 63.8 Å². The van der Waals surface area contributed by atoms with Crippen molar-refractivity contribution in [3.8, 4) is 0 Å². The summed E-state index contributed by atoms with van der Waals surface area (Å²) in [5.74, 6) is 0.790. The highest BCUT2D eigenvalue weighted by Gasteiger charge is 2.21. The Balaban J connectivity index is 1.56. The van der Waals surface area contributed by atoms with Gasteiger partial charge in [-0.25, -0.2) is 9.37 Å². The lowest BCUT2D eigenvalue weighted by Gasteiger charge is -2.37. The number of rotatable bonds is 6. The van der Waals surface area contributed by atoms with Crippen molar-refractivity contribution in [2.24, 2.45) is 4.99 Å². The Labute approximate surface area is 164 Å². The van der Waals surface area contributed by atoms with Gasteiger partial charge in [-0.2, -0.15) is 0 Å². The van der Waals surface area contributed by atoms with Crippen molar-refractivity contribution in [2.75, 3.05) is 44.2 Å². The normalized spacial score (nSPS) is 15.3. The van der Waals surface area contributed by atoms with E-state index in [4.69, 9.17) is 4.99 Å². The Morgan fingerprint density at radius 3 is 2.67 bits per heavy atom. The van der Waals surface area contributed by atoms with Gasteiger partial charge < -0.3 is 15.1 Å². The predicted octanol–water partition coefficient (Wildman–Crippen LogP) is 3.17. The van der Waals surface area contributed by atoms with Crippen molar-refractivity contribution in [3.63, 3.8) is 0 Å². The van der Waals surface area contributed by atoms with Gasteiger partial charge in [0.25, 0.3) is 0 Å². The largest absolute Gasteiger partial charge is 0.366 e. The third-order valence-corrected chi connectivity index (χ3v) is 5.68. The Morgan fingerprint density at radius 1 is 1.22 bits per heavy atom. The molecule has 1 aliphatic heterocycles. The third-order valence-electron chi connectivity index (χ3n) is 4.64. The zero-order valence-electron chi connectivity index (χ0n) is 16.1. The van der Waals surface area contributed by atoms with Crippen LogP contribution in [-0.2, 0) is 12.8 Å². The topological polar surface area (TPSA) is 43.8 Å². The first-order valence-corrected chi connectivity index (χ1v) is 10.5. The first-order valence-electron chi connectivity index (χ1n) is 9.67. The number of anilines is 1. The molecular weight excluding hydrogens is 361 g/mol. The summed E-state index contributed by atoms with van der Waals surface area (Å²) in [6.45, 7) is 9.01. The van der Waals surface area contributed by atoms with E-state index in [2.05, 4.69) is 39.3 Å². The van der Waals surface area contributed by atoms with Crippen molar-refractivity contribution < 1.29 is 4.39 Å². The molecule has 1 aromatic carbocycles. The maximum absolute atomic E-state index is 14.0. The second-order valence-electron chi connectivity index (χ2n) is 6.50. The average molecular weight is 390 g/mol. The fraction of sp³-hybridized carbons (Fsp3) is 0.500. The predicted molar refractivity (Wildman–Crippen MR) is 111 cm³/mol. The number of thiazole rings is 1. The Hall–Kier alpha value is -2.15. The quantitative estimate of drug-likeness (QED) is 0.609. The van der Waals surface area contributed by atoms with Crippen LogP contribution in [-0.4, -0.2) is 55.1 Å². The number of nitrogens with zero attached hydrogens (tertiary/aromatic N) is 4. The minimum atomic E-state index is -0.152. The lowest BCUT2D eigenvalue weighted by atomic mass is 10.2. The van der Waals surface area contributed by atoms with E-state index < -0.39 is 0 Å². The van der Waals surface area contributed by atoms with Gasteiger partial charge in [0.2, 0.25) is 0 Å². The highest BCUT2D eigenvalue weighted by atomic mass is 32.1. The Bertz CT molecular complexity index is 752. The molecule has 0 radical (unpaired) electrons. The zero-order valence-corrected chi connectivity index (χ0v) is 16.9. The maximum atomic E-state index is 14.0. The number of halogens is 1. The van der Waals surface area contributed by atoms with Gasteiger partial charge in [0.15, 0.2) is 5.96 Å². The lowest BCUT2D eigenvalue weighted by molar-refractivity contribution is 0.371. The molecule has 1 N–H and O–H groups in total. The van der Waals surface area contributed by atoms with Crippen molar-refractivity contribution in [3.05, 3.63) is 46.2 Å². The van der Waals surface area contributed by atoms with E-state index in [-0.39, 0.29) is 5.82 Å². The summed E-state index contributed by atoms with van der Waals surface area (Å²) in [6, 6.07) is 6.99. The summed E-state index contributed by atoms with van der Waals surface area (Å²) in [5, 5.41) is 6.71. The van der Waals surface area contributed by atoms with Crippen LogP contribution in [0.2, 0.25) is 0 Å². The van der Waals surface area contributed by atoms with Crippen LogP contribution in [0.15, 0.2) is 34.6 Å². The molecule has 0 unspecified atom stereocenters. The summed E-state index contributed by atoms with van der Waals surface area (Å²) < 4.78 is 14.0. The number of piperazine rings is 1. The molecule has 0 bridgehead atoms. The van der Waals surface area contributed by atoms with Crippen LogP contribution in [0.3, 0.4) is 0 Å². The number of aliphatic imine (C=N–C) groups is 1. The van der Waals surface area contributed by atoms with Crippen LogP contribution in [0.25, 0.3) is 0 Å². The van der Waals surface area contributed by atoms with Crippen LogP contribution in [0, 0.1) is 5.82 Å². The van der Waals surface area contributed by atoms with Gasteiger partial charge in [0.1, 0.15) is 5.82 Å². The summed E-state index contributed by atoms with van der Waals surface area (Å²) in [6.07, 6.45) is 1.85. The fourth-order valence-corrected chi connectivity index (χ4v) is 3.97. The molecule has 0 atom stereocenters. The van der Waals surface area contributed by atoms with Crippen molar-refractivity contribution in [1.82, 2.24) is 15.2 Å². The Morgan fingerprint density at radius 2 is 2.00 bits per heavy atom. The second-order valence-corrected chi connectivity index (χ2v) is 7.44. The van der Waals surface area contributed by atoms with Crippen LogP contribution in [0.1, 0.15) is 24.5 Å². The van der Waals surface area contributed by atoms with E-state index >= 15 is 0 Å². The molecule has 27 heavy (non-hydrogen) atoms. The molecule has 0 aliphatic carbocycles. The summed E-state index contributed by atoms with van der Waals surface area (Å²) in [5.41, 5.74) is 1.81. The minimum absolute atomic E-state index is 0.152. The fourth-order valence-electron chi connectivity index (χ4n) is 3.20. The first kappa shape index (κ1) is 19.6. The van der Waals surface area contributed by atoms with Gasteiger partial charge in [-0.1, -0.05) is 19.1 Å². The van der Waals surface area contributed by atoms with Gasteiger partial charge in [0.05, 0.1) is 16.4 Å². The van der Waals surface area contributed by atoms with Crippen LogP contribution < -0.4 is 10.2 Å². The number of para-hydroxylation sites is 1. The molecule has 1 aromatic heterocycles. The van der Waals surface area contributed by atoms with Crippen LogP contribution >= 0.6 is 11.3 Å². The van der Waals surface area contributed by atoms with E-state index in [0.29, 0.717) is 5.69 Å². The van der Waals surface area contributed by atoms with Gasteiger partial charge in [-0.3, -0.25) is 4.99 Å². The number of aromatic nitrogens is 1. The van der Waals surface area contributed by atoms with Crippen molar-refractivity contribution in [2.45, 2.75) is 26.7 Å². The molecule has 0 saturated carbocycles. The SMILES string of the molecule is CCNC(=NCCc1csc(CC)n1)N1CCN(c2ccccc2F)CC1. The second kappa shape index (κ2) is 9.69. The smallest absolute Gasteiger partial charge is 0.194 e. The molecule has 1 fully saturated rings. The highest BCUT2D eigenvalue weighted by Crippen LogP contribution is 2.20. The molecule has 0 spiro atoms. The molecule has 2 heterocycles. The Kier molecular flexibility index (Phi) is 7.04. The van der Waals surface area contributed by atoms with Gasteiger partial charge in [-0.15, -0.1) is 11.3 Å². The summed E-state index contributed by atoms with van der Waals surface area (Å²) in [7, 11) is 0. The van der Waals surface area contributed by atoms with E-state index in [1.54, 1.807) is 17.4 Å². The van der Waals surface area contributed by atoms with Gasteiger partial charge >= 0.3 is 0 Å². The average Bonchev–Trinajstić information content (AvgIpc) is 3.16. The molecule has 2 aromatic rings. The number of hydrogen-bond donors (Lipinski definition) is 1. The number of guanidine groups is 1. The molecule has 7 heteroatoms. The monoisotopic (exact) mass is 389 g/mol. The van der Waals surface area contributed by atoms with E-state index in [1.807, 2.05) is 12.1 Å². The van der Waals surface area contributed by atoms with E-state index in [1.165, 1.54) is 11.1 Å². The number of benzene rings is 1. The number of aryl methyl sites for hydroxylation is 1. The number of nitrogens with one attached hydrogen (secondary N) is 1. The summed E-state index contributed by atoms with van der Waals surface area (Å²) >= 11 is 1.72.